The van der Waals surface area contributed by atoms with Gasteiger partial charge in [-0.3, -0.25) is 4.79 Å². The van der Waals surface area contributed by atoms with Gasteiger partial charge in [0.2, 0.25) is 5.91 Å². The van der Waals surface area contributed by atoms with E-state index in [0.717, 1.165) is 11.4 Å². The number of fused-ring (bicyclic) bond motifs is 3. The summed E-state index contributed by atoms with van der Waals surface area (Å²) in [5.74, 6) is -2.14. The summed E-state index contributed by atoms with van der Waals surface area (Å²) in [5.41, 5.74) is 2.53. The van der Waals surface area contributed by atoms with Gasteiger partial charge in [0.1, 0.15) is 11.6 Å². The van der Waals surface area contributed by atoms with Gasteiger partial charge < -0.3 is 5.32 Å². The number of nitrogens with zero attached hydrogens (tertiary/aromatic N) is 3. The molecule has 7 heteroatoms. The second-order valence-electron chi connectivity index (χ2n) is 5.98. The molecule has 3 aromatic rings. The molecule has 122 valence electrons. The molecular formula is C17H14F2N4O. The van der Waals surface area contributed by atoms with Gasteiger partial charge >= 0.3 is 0 Å². The SMILES string of the molecule is Cc1cc(C)n2nc3c(c2n1)C(c1c(F)cccc1F)CC(=O)N3. The van der Waals surface area contributed by atoms with Crippen molar-refractivity contribution in [2.45, 2.75) is 26.2 Å². The maximum Gasteiger partial charge on any atom is 0.226 e. The van der Waals surface area contributed by atoms with Crippen molar-refractivity contribution in [2.75, 3.05) is 5.32 Å². The molecular weight excluding hydrogens is 314 g/mol. The largest absolute Gasteiger partial charge is 0.309 e. The summed E-state index contributed by atoms with van der Waals surface area (Å²) in [7, 11) is 0. The maximum absolute atomic E-state index is 14.3. The summed E-state index contributed by atoms with van der Waals surface area (Å²) < 4.78 is 30.2. The van der Waals surface area contributed by atoms with Gasteiger partial charge in [-0.1, -0.05) is 6.07 Å². The van der Waals surface area contributed by atoms with Crippen molar-refractivity contribution in [1.29, 1.82) is 0 Å². The maximum atomic E-state index is 14.3. The number of anilines is 1. The number of hydrogen-bond donors (Lipinski definition) is 1. The van der Waals surface area contributed by atoms with E-state index in [1.54, 1.807) is 4.52 Å². The van der Waals surface area contributed by atoms with Crippen molar-refractivity contribution in [2.24, 2.45) is 0 Å². The predicted molar refractivity (Wildman–Crippen MR) is 83.9 cm³/mol. The Hall–Kier alpha value is -2.83. The molecule has 0 fully saturated rings. The van der Waals surface area contributed by atoms with E-state index in [2.05, 4.69) is 15.4 Å². The zero-order chi connectivity index (χ0) is 17.0. The van der Waals surface area contributed by atoms with Crippen LogP contribution < -0.4 is 5.32 Å². The summed E-state index contributed by atoms with van der Waals surface area (Å²) in [6.07, 6.45) is -0.0547. The van der Waals surface area contributed by atoms with Crippen LogP contribution in [0.15, 0.2) is 24.3 Å². The minimum absolute atomic E-state index is 0.0547. The number of amides is 1. The van der Waals surface area contributed by atoms with E-state index in [0.29, 0.717) is 17.0 Å². The fourth-order valence-corrected chi connectivity index (χ4v) is 3.31. The molecule has 0 aliphatic carbocycles. The van der Waals surface area contributed by atoms with E-state index in [9.17, 15) is 13.6 Å². The Labute approximate surface area is 136 Å². The third kappa shape index (κ3) is 2.08. The van der Waals surface area contributed by atoms with Gasteiger partial charge in [0, 0.05) is 34.9 Å². The Balaban J connectivity index is 2.05. The van der Waals surface area contributed by atoms with Gasteiger partial charge in [0.25, 0.3) is 0 Å². The molecule has 1 N–H and O–H groups in total. The first kappa shape index (κ1) is 14.7. The number of aryl methyl sites for hydroxylation is 2. The molecule has 0 saturated carbocycles. The minimum atomic E-state index is -0.763. The Morgan fingerprint density at radius 1 is 1.21 bits per heavy atom. The third-order valence-corrected chi connectivity index (χ3v) is 4.27. The Morgan fingerprint density at radius 2 is 1.92 bits per heavy atom. The van der Waals surface area contributed by atoms with Crippen LogP contribution in [-0.2, 0) is 4.79 Å². The van der Waals surface area contributed by atoms with Crippen molar-refractivity contribution >= 4 is 17.4 Å². The molecule has 4 rings (SSSR count). The highest BCUT2D eigenvalue weighted by molar-refractivity contribution is 5.96. The van der Waals surface area contributed by atoms with Crippen molar-refractivity contribution in [3.63, 3.8) is 0 Å². The third-order valence-electron chi connectivity index (χ3n) is 4.27. The first-order valence-corrected chi connectivity index (χ1v) is 7.56. The van der Waals surface area contributed by atoms with E-state index in [1.807, 2.05) is 19.9 Å². The molecule has 0 saturated heterocycles. The van der Waals surface area contributed by atoms with Crippen LogP contribution in [0.5, 0.6) is 0 Å². The lowest BCUT2D eigenvalue weighted by Crippen LogP contribution is -2.24. The number of carbonyl (C=O) groups is 1. The minimum Gasteiger partial charge on any atom is -0.309 e. The molecule has 1 aromatic carbocycles. The van der Waals surface area contributed by atoms with Crippen LogP contribution in [0.25, 0.3) is 5.65 Å². The molecule has 1 unspecified atom stereocenters. The van der Waals surface area contributed by atoms with Crippen LogP contribution in [-0.4, -0.2) is 20.5 Å². The standard InChI is InChI=1S/C17H14F2N4O/c1-8-6-9(2)23-17(20-8)15-10(7-13(24)21-16(15)22-23)14-11(18)4-3-5-12(14)19/h3-6,10H,7H2,1-2H3,(H,21,22,24). The first-order valence-electron chi connectivity index (χ1n) is 7.56. The van der Waals surface area contributed by atoms with Gasteiger partial charge in [0.15, 0.2) is 11.5 Å². The van der Waals surface area contributed by atoms with Gasteiger partial charge in [-0.25, -0.2) is 18.3 Å². The van der Waals surface area contributed by atoms with Gasteiger partial charge in [0.05, 0.1) is 0 Å². The quantitative estimate of drug-likeness (QED) is 0.747. The smallest absolute Gasteiger partial charge is 0.226 e. The Morgan fingerprint density at radius 3 is 2.62 bits per heavy atom. The number of hydrogen-bond acceptors (Lipinski definition) is 3. The number of aromatic nitrogens is 3. The second-order valence-corrected chi connectivity index (χ2v) is 5.98. The van der Waals surface area contributed by atoms with Gasteiger partial charge in [-0.2, -0.15) is 0 Å². The van der Waals surface area contributed by atoms with Crippen LogP contribution in [0.4, 0.5) is 14.6 Å². The fourth-order valence-electron chi connectivity index (χ4n) is 3.31. The van der Waals surface area contributed by atoms with Gasteiger partial charge in [-0.15, -0.1) is 5.10 Å². The average molecular weight is 328 g/mol. The molecule has 1 atom stereocenters. The molecule has 1 aliphatic heterocycles. The lowest BCUT2D eigenvalue weighted by atomic mass is 9.86. The lowest BCUT2D eigenvalue weighted by molar-refractivity contribution is -0.116. The van der Waals surface area contributed by atoms with Crippen LogP contribution >= 0.6 is 0 Å². The second kappa shape index (κ2) is 5.09. The number of halogens is 2. The molecule has 1 aliphatic rings. The molecule has 2 aromatic heterocycles. The normalized spacial score (nSPS) is 17.0. The van der Waals surface area contributed by atoms with E-state index in [4.69, 9.17) is 0 Å². The molecule has 24 heavy (non-hydrogen) atoms. The number of carbonyl (C=O) groups excluding carboxylic acids is 1. The summed E-state index contributed by atoms with van der Waals surface area (Å²) in [4.78, 5) is 16.5. The highest BCUT2D eigenvalue weighted by Gasteiger charge is 2.35. The fraction of sp³-hybridized carbons (Fsp3) is 0.235. The number of benzene rings is 1. The predicted octanol–water partition coefficient (Wildman–Crippen LogP) is 3.10. The lowest BCUT2D eigenvalue weighted by Gasteiger charge is -2.22. The summed E-state index contributed by atoms with van der Waals surface area (Å²) in [5, 5.41) is 7.04. The van der Waals surface area contributed by atoms with Crippen molar-refractivity contribution < 1.29 is 13.6 Å². The van der Waals surface area contributed by atoms with Crippen LogP contribution in [0, 0.1) is 25.5 Å². The summed E-state index contributed by atoms with van der Waals surface area (Å²) in [6, 6.07) is 5.55. The number of rotatable bonds is 1. The van der Waals surface area contributed by atoms with E-state index in [1.165, 1.54) is 18.2 Å². The van der Waals surface area contributed by atoms with Crippen molar-refractivity contribution in [3.05, 3.63) is 58.4 Å². The zero-order valence-corrected chi connectivity index (χ0v) is 13.1. The van der Waals surface area contributed by atoms with Crippen LogP contribution in [0.1, 0.15) is 34.9 Å². The number of nitrogens with one attached hydrogen (secondary N) is 1. The van der Waals surface area contributed by atoms with Crippen molar-refractivity contribution in [1.82, 2.24) is 14.6 Å². The molecule has 3 heterocycles. The molecule has 0 radical (unpaired) electrons. The zero-order valence-electron chi connectivity index (χ0n) is 13.1. The van der Waals surface area contributed by atoms with Crippen LogP contribution in [0.3, 0.4) is 0 Å². The molecule has 0 bridgehead atoms. The molecule has 1 amide bonds. The highest BCUT2D eigenvalue weighted by Crippen LogP contribution is 2.40. The molecule has 5 nitrogen and oxygen atoms in total. The van der Waals surface area contributed by atoms with Crippen molar-refractivity contribution in [3.8, 4) is 0 Å². The summed E-state index contributed by atoms with van der Waals surface area (Å²) in [6.45, 7) is 3.70. The van der Waals surface area contributed by atoms with E-state index in [-0.39, 0.29) is 17.9 Å². The Bertz CT molecular complexity index is 976. The molecule has 0 spiro atoms. The topological polar surface area (TPSA) is 59.3 Å². The highest BCUT2D eigenvalue weighted by atomic mass is 19.1. The Kier molecular flexibility index (Phi) is 3.13. The summed E-state index contributed by atoms with van der Waals surface area (Å²) >= 11 is 0. The monoisotopic (exact) mass is 328 g/mol. The van der Waals surface area contributed by atoms with Crippen LogP contribution in [0.2, 0.25) is 0 Å². The van der Waals surface area contributed by atoms with Gasteiger partial charge in [-0.05, 0) is 32.0 Å². The first-order chi connectivity index (χ1) is 11.5. The van der Waals surface area contributed by atoms with E-state index >= 15 is 0 Å². The van der Waals surface area contributed by atoms with E-state index < -0.39 is 17.6 Å². The average Bonchev–Trinajstić information content (AvgIpc) is 2.85.